The summed E-state index contributed by atoms with van der Waals surface area (Å²) in [6.07, 6.45) is 5.73. The molecule has 1 aliphatic heterocycles. The highest BCUT2D eigenvalue weighted by Crippen LogP contribution is 2.36. The van der Waals surface area contributed by atoms with Gasteiger partial charge < -0.3 is 4.90 Å². The zero-order valence-electron chi connectivity index (χ0n) is 10.1. The maximum absolute atomic E-state index is 11.4. The quantitative estimate of drug-likeness (QED) is 0.735. The van der Waals surface area contributed by atoms with Gasteiger partial charge in [0.1, 0.15) is 0 Å². The van der Waals surface area contributed by atoms with Gasteiger partial charge in [-0.2, -0.15) is 0 Å². The van der Waals surface area contributed by atoms with E-state index in [4.69, 9.17) is 0 Å². The summed E-state index contributed by atoms with van der Waals surface area (Å²) in [6, 6.07) is 9.06. The van der Waals surface area contributed by atoms with Crippen molar-refractivity contribution in [3.05, 3.63) is 41.6 Å². The van der Waals surface area contributed by atoms with Gasteiger partial charge in [0.2, 0.25) is 0 Å². The number of hydrogen-bond acceptors (Lipinski definition) is 2. The Morgan fingerprint density at radius 3 is 2.76 bits per heavy atom. The molecule has 1 unspecified atom stereocenters. The molecule has 0 N–H and O–H groups in total. The van der Waals surface area contributed by atoms with Gasteiger partial charge in [-0.15, -0.1) is 0 Å². The number of fused-ring (bicyclic) bond motifs is 1. The second-order valence-electron chi connectivity index (χ2n) is 4.99. The molecular formula is C15H17NO. The van der Waals surface area contributed by atoms with E-state index in [-0.39, 0.29) is 5.78 Å². The van der Waals surface area contributed by atoms with Crippen molar-refractivity contribution in [3.8, 4) is 0 Å². The summed E-state index contributed by atoms with van der Waals surface area (Å²) in [6.45, 7) is 2.25. The van der Waals surface area contributed by atoms with Crippen LogP contribution in [0.3, 0.4) is 0 Å². The molecule has 1 heterocycles. The largest absolute Gasteiger partial charge is 0.342 e. The van der Waals surface area contributed by atoms with Crippen molar-refractivity contribution in [1.29, 1.82) is 0 Å². The fourth-order valence-electron chi connectivity index (χ4n) is 2.90. The molecule has 1 aliphatic carbocycles. The van der Waals surface area contributed by atoms with Crippen LogP contribution in [0.25, 0.3) is 0 Å². The number of para-hydroxylation sites is 1. The van der Waals surface area contributed by atoms with E-state index < -0.39 is 0 Å². The number of allylic oxidation sites excluding steroid dienone is 2. The molecule has 0 saturated carbocycles. The van der Waals surface area contributed by atoms with Crippen molar-refractivity contribution in [1.82, 2.24) is 0 Å². The second-order valence-corrected chi connectivity index (χ2v) is 4.99. The molecule has 1 atom stereocenters. The maximum atomic E-state index is 11.4. The van der Waals surface area contributed by atoms with Gasteiger partial charge in [-0.05, 0) is 37.8 Å². The minimum absolute atomic E-state index is 0.273. The summed E-state index contributed by atoms with van der Waals surface area (Å²) in [5, 5.41) is 0. The Kier molecular flexibility index (Phi) is 2.50. The minimum atomic E-state index is 0.273. The van der Waals surface area contributed by atoms with Crippen molar-refractivity contribution in [2.75, 3.05) is 4.90 Å². The smallest absolute Gasteiger partial charge is 0.157 e. The molecule has 2 aliphatic rings. The number of carbonyl (C=O) groups is 1. The zero-order chi connectivity index (χ0) is 11.8. The first-order chi connectivity index (χ1) is 8.25. The Bertz CT molecular complexity index is 489. The van der Waals surface area contributed by atoms with E-state index in [0.29, 0.717) is 12.5 Å². The van der Waals surface area contributed by atoms with E-state index in [9.17, 15) is 4.79 Å². The molecule has 2 nitrogen and oxygen atoms in total. The van der Waals surface area contributed by atoms with Crippen LogP contribution in [0.2, 0.25) is 0 Å². The van der Waals surface area contributed by atoms with E-state index >= 15 is 0 Å². The first-order valence-corrected chi connectivity index (χ1v) is 6.36. The Labute approximate surface area is 102 Å². The van der Waals surface area contributed by atoms with E-state index in [1.807, 2.05) is 6.08 Å². The standard InChI is InChI=1S/C15H17NO/c1-11-6-7-12-4-2-3-5-15(12)16(11)13-8-9-14(17)10-13/h2-5,10-11H,6-9H2,1H3. The molecule has 0 bridgehead atoms. The van der Waals surface area contributed by atoms with Crippen LogP contribution in [-0.2, 0) is 11.2 Å². The number of aryl methyl sites for hydroxylation is 1. The first kappa shape index (κ1) is 10.6. The van der Waals surface area contributed by atoms with Gasteiger partial charge in [-0.3, -0.25) is 4.79 Å². The Morgan fingerprint density at radius 1 is 1.18 bits per heavy atom. The number of benzene rings is 1. The van der Waals surface area contributed by atoms with Crippen LogP contribution in [0.15, 0.2) is 36.0 Å². The predicted octanol–water partition coefficient (Wildman–Crippen LogP) is 3.07. The highest BCUT2D eigenvalue weighted by atomic mass is 16.1. The molecule has 88 valence electrons. The lowest BCUT2D eigenvalue weighted by molar-refractivity contribution is -0.114. The molecule has 0 fully saturated rings. The molecular weight excluding hydrogens is 210 g/mol. The summed E-state index contributed by atoms with van der Waals surface area (Å²) in [7, 11) is 0. The van der Waals surface area contributed by atoms with Gasteiger partial charge in [0, 0.05) is 29.9 Å². The van der Waals surface area contributed by atoms with Crippen LogP contribution < -0.4 is 4.90 Å². The summed E-state index contributed by atoms with van der Waals surface area (Å²) < 4.78 is 0. The molecule has 0 amide bonds. The fraction of sp³-hybridized carbons (Fsp3) is 0.400. The van der Waals surface area contributed by atoms with Gasteiger partial charge in [-0.1, -0.05) is 18.2 Å². The van der Waals surface area contributed by atoms with Gasteiger partial charge in [0.05, 0.1) is 0 Å². The number of rotatable bonds is 1. The topological polar surface area (TPSA) is 20.3 Å². The summed E-state index contributed by atoms with van der Waals surface area (Å²) in [4.78, 5) is 13.8. The van der Waals surface area contributed by atoms with Crippen molar-refractivity contribution >= 4 is 11.5 Å². The van der Waals surface area contributed by atoms with Crippen LogP contribution in [0.4, 0.5) is 5.69 Å². The lowest BCUT2D eigenvalue weighted by Crippen LogP contribution is -2.36. The molecule has 3 rings (SSSR count). The zero-order valence-corrected chi connectivity index (χ0v) is 10.1. The average Bonchev–Trinajstić information content (AvgIpc) is 2.75. The Morgan fingerprint density at radius 2 is 2.00 bits per heavy atom. The lowest BCUT2D eigenvalue weighted by Gasteiger charge is -2.37. The summed E-state index contributed by atoms with van der Waals surface area (Å²) in [5.41, 5.74) is 3.91. The van der Waals surface area contributed by atoms with Gasteiger partial charge in [0.25, 0.3) is 0 Å². The molecule has 2 heteroatoms. The molecule has 1 aromatic carbocycles. The molecule has 0 radical (unpaired) electrons. The monoisotopic (exact) mass is 227 g/mol. The second kappa shape index (κ2) is 4.02. The summed E-state index contributed by atoms with van der Waals surface area (Å²) >= 11 is 0. The number of nitrogens with zero attached hydrogens (tertiary/aromatic N) is 1. The van der Waals surface area contributed by atoms with Crippen LogP contribution >= 0.6 is 0 Å². The van der Waals surface area contributed by atoms with Crippen molar-refractivity contribution in [2.45, 2.75) is 38.6 Å². The highest BCUT2D eigenvalue weighted by Gasteiger charge is 2.27. The number of carbonyl (C=O) groups excluding carboxylic acids is 1. The Balaban J connectivity index is 2.04. The normalized spacial score (nSPS) is 23.6. The lowest BCUT2D eigenvalue weighted by atomic mass is 9.96. The molecule has 0 spiro atoms. The maximum Gasteiger partial charge on any atom is 0.157 e. The minimum Gasteiger partial charge on any atom is -0.342 e. The number of hydrogen-bond donors (Lipinski definition) is 0. The number of ketones is 1. The average molecular weight is 227 g/mol. The van der Waals surface area contributed by atoms with Crippen molar-refractivity contribution < 1.29 is 4.79 Å². The van der Waals surface area contributed by atoms with Crippen molar-refractivity contribution in [3.63, 3.8) is 0 Å². The molecule has 1 aromatic rings. The van der Waals surface area contributed by atoms with Gasteiger partial charge in [-0.25, -0.2) is 0 Å². The third kappa shape index (κ3) is 1.78. The number of anilines is 1. The van der Waals surface area contributed by atoms with Crippen LogP contribution in [0.1, 0.15) is 31.7 Å². The fourth-order valence-corrected chi connectivity index (χ4v) is 2.90. The molecule has 0 saturated heterocycles. The van der Waals surface area contributed by atoms with Crippen LogP contribution in [0, 0.1) is 0 Å². The van der Waals surface area contributed by atoms with E-state index in [0.717, 1.165) is 12.8 Å². The Hall–Kier alpha value is -1.57. The third-order valence-electron chi connectivity index (χ3n) is 3.79. The van der Waals surface area contributed by atoms with E-state index in [1.165, 1.54) is 23.4 Å². The van der Waals surface area contributed by atoms with Crippen molar-refractivity contribution in [2.24, 2.45) is 0 Å². The SMILES string of the molecule is CC1CCc2ccccc2N1C1=CC(=O)CC1. The van der Waals surface area contributed by atoms with E-state index in [2.05, 4.69) is 36.1 Å². The van der Waals surface area contributed by atoms with E-state index in [1.54, 1.807) is 0 Å². The van der Waals surface area contributed by atoms with Gasteiger partial charge in [0.15, 0.2) is 5.78 Å². The molecule has 0 aromatic heterocycles. The highest BCUT2D eigenvalue weighted by molar-refractivity contribution is 5.94. The van der Waals surface area contributed by atoms with Crippen LogP contribution in [0.5, 0.6) is 0 Å². The molecule has 17 heavy (non-hydrogen) atoms. The van der Waals surface area contributed by atoms with Gasteiger partial charge >= 0.3 is 0 Å². The predicted molar refractivity (Wildman–Crippen MR) is 69.0 cm³/mol. The first-order valence-electron chi connectivity index (χ1n) is 6.36. The summed E-state index contributed by atoms with van der Waals surface area (Å²) in [5.74, 6) is 0.273. The van der Waals surface area contributed by atoms with Crippen LogP contribution in [-0.4, -0.2) is 11.8 Å². The third-order valence-corrected chi connectivity index (χ3v) is 3.79.